The van der Waals surface area contributed by atoms with Gasteiger partial charge in [0.1, 0.15) is 0 Å². The molecule has 0 spiro atoms. The summed E-state index contributed by atoms with van der Waals surface area (Å²) in [6.07, 6.45) is -5.68. The Hall–Kier alpha value is -2.23. The fraction of sp³-hybridized carbons (Fsp3) is 0.273. The Balaban J connectivity index is 2.36. The Bertz CT molecular complexity index is 449. The normalized spacial score (nSPS) is 10.6. The number of halogens is 3. The van der Waals surface area contributed by atoms with Gasteiger partial charge in [0.15, 0.2) is 6.61 Å². The Labute approximate surface area is 101 Å². The smallest absolute Gasteiger partial charge is 0.422 e. The van der Waals surface area contributed by atoms with Crippen molar-refractivity contribution in [2.75, 3.05) is 6.61 Å². The predicted octanol–water partition coefficient (Wildman–Crippen LogP) is 2.35. The molecule has 1 rings (SSSR count). The van der Waals surface area contributed by atoms with Crippen LogP contribution in [-0.4, -0.2) is 18.9 Å². The number of benzene rings is 1. The zero-order valence-corrected chi connectivity index (χ0v) is 9.12. The van der Waals surface area contributed by atoms with Crippen molar-refractivity contribution in [3.63, 3.8) is 0 Å². The molecule has 0 aliphatic rings. The average molecular weight is 258 g/mol. The van der Waals surface area contributed by atoms with E-state index in [0.29, 0.717) is 11.1 Å². The van der Waals surface area contributed by atoms with Gasteiger partial charge in [0.2, 0.25) is 0 Å². The standard InChI is InChI=1S/C11H9F3N2O2/c12-11(13,14)7-18-10(17)16-6-9-3-1-8(5-15)2-4-9/h1-4H,6-7H2,(H,16,17). The molecule has 0 saturated carbocycles. The molecule has 96 valence electrons. The van der Waals surface area contributed by atoms with E-state index in [1.165, 1.54) is 12.1 Å². The van der Waals surface area contributed by atoms with Crippen LogP contribution in [0.2, 0.25) is 0 Å². The van der Waals surface area contributed by atoms with Crippen LogP contribution in [0.4, 0.5) is 18.0 Å². The number of rotatable bonds is 3. The van der Waals surface area contributed by atoms with Gasteiger partial charge in [-0.05, 0) is 17.7 Å². The van der Waals surface area contributed by atoms with Crippen LogP contribution in [-0.2, 0) is 11.3 Å². The second-order valence-electron chi connectivity index (χ2n) is 3.35. The molecule has 4 nitrogen and oxygen atoms in total. The van der Waals surface area contributed by atoms with Crippen LogP contribution in [0.1, 0.15) is 11.1 Å². The van der Waals surface area contributed by atoms with Crippen LogP contribution in [0.15, 0.2) is 24.3 Å². The minimum Gasteiger partial charge on any atom is -0.440 e. The molecule has 0 aromatic heterocycles. The SMILES string of the molecule is N#Cc1ccc(CNC(=O)OCC(F)(F)F)cc1. The molecule has 1 amide bonds. The quantitative estimate of drug-likeness (QED) is 0.905. The molecule has 0 unspecified atom stereocenters. The first kappa shape index (κ1) is 13.8. The van der Waals surface area contributed by atoms with E-state index in [-0.39, 0.29) is 6.54 Å². The molecule has 18 heavy (non-hydrogen) atoms. The summed E-state index contributed by atoms with van der Waals surface area (Å²) in [7, 11) is 0. The molecular formula is C11H9F3N2O2. The summed E-state index contributed by atoms with van der Waals surface area (Å²) in [5.74, 6) is 0. The predicted molar refractivity (Wildman–Crippen MR) is 55.4 cm³/mol. The van der Waals surface area contributed by atoms with Crippen LogP contribution >= 0.6 is 0 Å². The fourth-order valence-corrected chi connectivity index (χ4v) is 1.07. The van der Waals surface area contributed by atoms with Crippen molar-refractivity contribution < 1.29 is 22.7 Å². The molecule has 0 bridgehead atoms. The molecule has 1 N–H and O–H groups in total. The van der Waals surface area contributed by atoms with Gasteiger partial charge in [-0.25, -0.2) is 4.79 Å². The summed E-state index contributed by atoms with van der Waals surface area (Å²) >= 11 is 0. The van der Waals surface area contributed by atoms with Gasteiger partial charge in [-0.3, -0.25) is 0 Å². The van der Waals surface area contributed by atoms with E-state index in [0.717, 1.165) is 0 Å². The van der Waals surface area contributed by atoms with E-state index in [1.54, 1.807) is 12.1 Å². The second-order valence-corrected chi connectivity index (χ2v) is 3.35. The fourth-order valence-electron chi connectivity index (χ4n) is 1.07. The molecule has 0 fully saturated rings. The number of amides is 1. The third-order valence-corrected chi connectivity index (χ3v) is 1.89. The molecular weight excluding hydrogens is 249 g/mol. The minimum atomic E-state index is -4.54. The summed E-state index contributed by atoms with van der Waals surface area (Å²) < 4.78 is 39.1. The maximum atomic E-state index is 11.7. The number of alkyl halides is 3. The Morgan fingerprint density at radius 1 is 1.33 bits per heavy atom. The van der Waals surface area contributed by atoms with Crippen molar-refractivity contribution in [1.29, 1.82) is 5.26 Å². The number of carbonyl (C=O) groups excluding carboxylic acids is 1. The van der Waals surface area contributed by atoms with E-state index in [4.69, 9.17) is 5.26 Å². The third kappa shape index (κ3) is 5.21. The Morgan fingerprint density at radius 2 is 1.94 bits per heavy atom. The first-order valence-corrected chi connectivity index (χ1v) is 4.87. The number of carbonyl (C=O) groups is 1. The van der Waals surface area contributed by atoms with Gasteiger partial charge in [0.05, 0.1) is 11.6 Å². The molecule has 0 saturated heterocycles. The maximum Gasteiger partial charge on any atom is 0.422 e. The van der Waals surface area contributed by atoms with Crippen LogP contribution in [0.3, 0.4) is 0 Å². The van der Waals surface area contributed by atoms with E-state index in [2.05, 4.69) is 10.1 Å². The van der Waals surface area contributed by atoms with Crippen molar-refractivity contribution in [1.82, 2.24) is 5.32 Å². The largest absolute Gasteiger partial charge is 0.440 e. The summed E-state index contributed by atoms with van der Waals surface area (Å²) in [6.45, 7) is -1.59. The number of hydrogen-bond acceptors (Lipinski definition) is 3. The van der Waals surface area contributed by atoms with Gasteiger partial charge < -0.3 is 10.1 Å². The number of hydrogen-bond donors (Lipinski definition) is 1. The molecule has 0 aliphatic carbocycles. The lowest BCUT2D eigenvalue weighted by Gasteiger charge is -2.09. The topological polar surface area (TPSA) is 62.1 Å². The Morgan fingerprint density at radius 3 is 2.44 bits per heavy atom. The van der Waals surface area contributed by atoms with Gasteiger partial charge in [0, 0.05) is 6.54 Å². The summed E-state index contributed by atoms with van der Waals surface area (Å²) in [6, 6.07) is 8.17. The lowest BCUT2D eigenvalue weighted by molar-refractivity contribution is -0.160. The van der Waals surface area contributed by atoms with Crippen LogP contribution in [0.5, 0.6) is 0 Å². The van der Waals surface area contributed by atoms with Crippen molar-refractivity contribution in [2.45, 2.75) is 12.7 Å². The molecule has 0 aliphatic heterocycles. The van der Waals surface area contributed by atoms with Gasteiger partial charge >= 0.3 is 12.3 Å². The molecule has 0 atom stereocenters. The zero-order valence-electron chi connectivity index (χ0n) is 9.12. The van der Waals surface area contributed by atoms with E-state index in [1.807, 2.05) is 6.07 Å². The zero-order chi connectivity index (χ0) is 13.6. The van der Waals surface area contributed by atoms with Crippen LogP contribution < -0.4 is 5.32 Å². The second kappa shape index (κ2) is 5.91. The number of nitriles is 1. The van der Waals surface area contributed by atoms with E-state index in [9.17, 15) is 18.0 Å². The monoisotopic (exact) mass is 258 g/mol. The van der Waals surface area contributed by atoms with Crippen molar-refractivity contribution >= 4 is 6.09 Å². The number of nitrogens with one attached hydrogen (secondary N) is 1. The highest BCUT2D eigenvalue weighted by atomic mass is 19.4. The number of alkyl carbamates (subject to hydrolysis) is 1. The summed E-state index contributed by atoms with van der Waals surface area (Å²) in [4.78, 5) is 10.9. The van der Waals surface area contributed by atoms with Gasteiger partial charge in [-0.15, -0.1) is 0 Å². The van der Waals surface area contributed by atoms with Gasteiger partial charge in [0.25, 0.3) is 0 Å². The first-order chi connectivity index (χ1) is 8.40. The molecule has 7 heteroatoms. The van der Waals surface area contributed by atoms with E-state index >= 15 is 0 Å². The van der Waals surface area contributed by atoms with E-state index < -0.39 is 18.9 Å². The first-order valence-electron chi connectivity index (χ1n) is 4.87. The summed E-state index contributed by atoms with van der Waals surface area (Å²) in [5, 5.41) is 10.7. The highest BCUT2D eigenvalue weighted by molar-refractivity contribution is 5.67. The van der Waals surface area contributed by atoms with Crippen molar-refractivity contribution in [2.24, 2.45) is 0 Å². The summed E-state index contributed by atoms with van der Waals surface area (Å²) in [5.41, 5.74) is 1.11. The lowest BCUT2D eigenvalue weighted by Crippen LogP contribution is -2.28. The Kier molecular flexibility index (Phi) is 4.54. The number of ether oxygens (including phenoxy) is 1. The maximum absolute atomic E-state index is 11.7. The lowest BCUT2D eigenvalue weighted by atomic mass is 10.1. The third-order valence-electron chi connectivity index (χ3n) is 1.89. The molecule has 0 radical (unpaired) electrons. The minimum absolute atomic E-state index is 0.0302. The molecule has 1 aromatic rings. The van der Waals surface area contributed by atoms with Gasteiger partial charge in [-0.2, -0.15) is 18.4 Å². The van der Waals surface area contributed by atoms with Crippen molar-refractivity contribution in [3.05, 3.63) is 35.4 Å². The molecule has 0 heterocycles. The van der Waals surface area contributed by atoms with Crippen molar-refractivity contribution in [3.8, 4) is 6.07 Å². The van der Waals surface area contributed by atoms with Crippen LogP contribution in [0.25, 0.3) is 0 Å². The van der Waals surface area contributed by atoms with Crippen LogP contribution in [0, 0.1) is 11.3 Å². The highest BCUT2D eigenvalue weighted by Crippen LogP contribution is 2.14. The van der Waals surface area contributed by atoms with Gasteiger partial charge in [-0.1, -0.05) is 12.1 Å². The number of nitrogens with zero attached hydrogens (tertiary/aromatic N) is 1. The molecule has 1 aromatic carbocycles. The average Bonchev–Trinajstić information content (AvgIpc) is 2.33. The highest BCUT2D eigenvalue weighted by Gasteiger charge is 2.29.